The van der Waals surface area contributed by atoms with Gasteiger partial charge >= 0.3 is 6.01 Å². The molecular formula is C11H13BrN4O2. The van der Waals surface area contributed by atoms with Crippen molar-refractivity contribution in [2.75, 3.05) is 13.7 Å². The third-order valence-corrected chi connectivity index (χ3v) is 3.02. The Hall–Kier alpha value is -1.63. The van der Waals surface area contributed by atoms with E-state index in [4.69, 9.17) is 9.47 Å². The lowest BCUT2D eigenvalue weighted by molar-refractivity contribution is 0.268. The number of para-hydroxylation sites is 1. The van der Waals surface area contributed by atoms with Crippen LogP contribution >= 0.6 is 15.9 Å². The summed E-state index contributed by atoms with van der Waals surface area (Å²) in [4.78, 5) is 0. The molecule has 96 valence electrons. The molecule has 1 aromatic heterocycles. The number of methoxy groups -OCH3 is 1. The van der Waals surface area contributed by atoms with Gasteiger partial charge in [0, 0.05) is 0 Å². The summed E-state index contributed by atoms with van der Waals surface area (Å²) in [7, 11) is 1.53. The second-order valence-electron chi connectivity index (χ2n) is 3.62. The largest absolute Gasteiger partial charge is 0.490 e. The molecule has 18 heavy (non-hydrogen) atoms. The summed E-state index contributed by atoms with van der Waals surface area (Å²) in [6.07, 6.45) is 0. The van der Waals surface area contributed by atoms with Crippen LogP contribution in [0.4, 0.5) is 0 Å². The van der Waals surface area contributed by atoms with Gasteiger partial charge in [0.1, 0.15) is 12.4 Å². The third kappa shape index (κ3) is 2.79. The van der Waals surface area contributed by atoms with E-state index in [2.05, 4.69) is 31.5 Å². The Morgan fingerprint density at radius 2 is 2.22 bits per heavy atom. The van der Waals surface area contributed by atoms with Crippen LogP contribution < -0.4 is 9.47 Å². The van der Waals surface area contributed by atoms with E-state index in [1.54, 1.807) is 4.68 Å². The predicted octanol–water partition coefficient (Wildman–Crippen LogP) is 1.83. The number of ether oxygens (including phenoxy) is 2. The molecule has 0 fully saturated rings. The Morgan fingerprint density at radius 1 is 1.39 bits per heavy atom. The maximum absolute atomic E-state index is 5.72. The summed E-state index contributed by atoms with van der Waals surface area (Å²) in [5.41, 5.74) is 1.08. The molecule has 0 saturated carbocycles. The quantitative estimate of drug-likeness (QED) is 0.843. The molecule has 7 heteroatoms. The summed E-state index contributed by atoms with van der Waals surface area (Å²) in [5.74, 6) is 0.838. The van der Waals surface area contributed by atoms with Crippen molar-refractivity contribution in [1.82, 2.24) is 20.2 Å². The van der Waals surface area contributed by atoms with E-state index in [1.165, 1.54) is 7.11 Å². The van der Waals surface area contributed by atoms with Crippen LogP contribution in [0.3, 0.4) is 0 Å². The molecule has 6 nitrogen and oxygen atoms in total. The number of nitrogens with zero attached hydrogens (tertiary/aromatic N) is 4. The van der Waals surface area contributed by atoms with Crippen LogP contribution in [-0.2, 0) is 6.54 Å². The zero-order valence-electron chi connectivity index (χ0n) is 10.1. The molecule has 0 bridgehead atoms. The van der Waals surface area contributed by atoms with Crippen LogP contribution in [0.25, 0.3) is 0 Å². The molecular weight excluding hydrogens is 300 g/mol. The van der Waals surface area contributed by atoms with Gasteiger partial charge in [-0.1, -0.05) is 17.2 Å². The minimum Gasteiger partial charge on any atom is -0.490 e. The second-order valence-corrected chi connectivity index (χ2v) is 4.48. The highest BCUT2D eigenvalue weighted by molar-refractivity contribution is 9.10. The zero-order chi connectivity index (χ0) is 13.0. The summed E-state index contributed by atoms with van der Waals surface area (Å²) < 4.78 is 13.2. The summed E-state index contributed by atoms with van der Waals surface area (Å²) in [6, 6.07) is 6.29. The number of halogens is 1. The molecule has 0 atom stereocenters. The number of benzene rings is 1. The van der Waals surface area contributed by atoms with E-state index in [0.29, 0.717) is 19.2 Å². The topological polar surface area (TPSA) is 62.1 Å². The van der Waals surface area contributed by atoms with Crippen LogP contribution in [0.2, 0.25) is 0 Å². The molecule has 0 amide bonds. The van der Waals surface area contributed by atoms with Gasteiger partial charge in [-0.25, -0.2) is 0 Å². The number of rotatable bonds is 5. The Bertz CT molecular complexity index is 509. The van der Waals surface area contributed by atoms with Crippen molar-refractivity contribution in [2.45, 2.75) is 13.5 Å². The Labute approximate surface area is 113 Å². The maximum atomic E-state index is 5.72. The van der Waals surface area contributed by atoms with Gasteiger partial charge in [-0.2, -0.15) is 4.68 Å². The molecule has 0 aliphatic heterocycles. The standard InChI is InChI=1S/C11H13BrN4O2/c1-8-4-3-5-9(12)10(8)18-7-6-16-11(17-2)13-14-15-16/h3-5H,6-7H2,1-2H3. The van der Waals surface area contributed by atoms with E-state index < -0.39 is 0 Å². The fourth-order valence-corrected chi connectivity index (χ4v) is 2.10. The molecule has 0 saturated heterocycles. The minimum absolute atomic E-state index is 0.377. The van der Waals surface area contributed by atoms with Gasteiger partial charge in [-0.3, -0.25) is 0 Å². The van der Waals surface area contributed by atoms with Gasteiger partial charge < -0.3 is 9.47 Å². The highest BCUT2D eigenvalue weighted by Crippen LogP contribution is 2.28. The van der Waals surface area contributed by atoms with Crippen molar-refractivity contribution in [1.29, 1.82) is 0 Å². The van der Waals surface area contributed by atoms with Gasteiger partial charge in [0.25, 0.3) is 0 Å². The minimum atomic E-state index is 0.377. The SMILES string of the molecule is COc1nnnn1CCOc1c(C)cccc1Br. The number of aromatic nitrogens is 4. The van der Waals surface area contributed by atoms with Gasteiger partial charge in [0.05, 0.1) is 18.1 Å². The fourth-order valence-electron chi connectivity index (χ4n) is 1.52. The smallest absolute Gasteiger partial charge is 0.335 e. The van der Waals surface area contributed by atoms with Crippen molar-refractivity contribution < 1.29 is 9.47 Å². The average Bonchev–Trinajstić information content (AvgIpc) is 2.80. The maximum Gasteiger partial charge on any atom is 0.335 e. The van der Waals surface area contributed by atoms with Crippen LogP contribution in [-0.4, -0.2) is 33.9 Å². The molecule has 2 rings (SSSR count). The van der Waals surface area contributed by atoms with Crippen molar-refractivity contribution >= 4 is 15.9 Å². The molecule has 0 aliphatic rings. The first-order valence-electron chi connectivity index (χ1n) is 5.40. The lowest BCUT2D eigenvalue weighted by Crippen LogP contribution is -2.11. The third-order valence-electron chi connectivity index (χ3n) is 2.39. The molecule has 0 N–H and O–H groups in total. The van der Waals surface area contributed by atoms with E-state index in [-0.39, 0.29) is 0 Å². The van der Waals surface area contributed by atoms with E-state index in [0.717, 1.165) is 15.8 Å². The first kappa shape index (κ1) is 12.8. The Kier molecular flexibility index (Phi) is 4.14. The molecule has 1 aromatic carbocycles. The highest BCUT2D eigenvalue weighted by Gasteiger charge is 2.07. The number of tetrazole rings is 1. The molecule has 1 heterocycles. The lowest BCUT2D eigenvalue weighted by Gasteiger charge is -2.10. The Balaban J connectivity index is 1.97. The molecule has 2 aromatic rings. The van der Waals surface area contributed by atoms with Gasteiger partial charge in [0.15, 0.2) is 0 Å². The van der Waals surface area contributed by atoms with Crippen LogP contribution in [0.1, 0.15) is 5.56 Å². The van der Waals surface area contributed by atoms with Crippen molar-refractivity contribution in [3.05, 3.63) is 28.2 Å². The predicted molar refractivity (Wildman–Crippen MR) is 68.7 cm³/mol. The zero-order valence-corrected chi connectivity index (χ0v) is 11.7. The number of aryl methyl sites for hydroxylation is 1. The molecule has 0 spiro atoms. The average molecular weight is 313 g/mol. The van der Waals surface area contributed by atoms with Crippen LogP contribution in [0.5, 0.6) is 11.8 Å². The molecule has 0 radical (unpaired) electrons. The van der Waals surface area contributed by atoms with Crippen LogP contribution in [0, 0.1) is 6.92 Å². The van der Waals surface area contributed by atoms with E-state index in [9.17, 15) is 0 Å². The first-order chi connectivity index (χ1) is 8.72. The van der Waals surface area contributed by atoms with Crippen molar-refractivity contribution in [2.24, 2.45) is 0 Å². The van der Waals surface area contributed by atoms with Gasteiger partial charge in [0.2, 0.25) is 0 Å². The van der Waals surface area contributed by atoms with E-state index in [1.807, 2.05) is 25.1 Å². The monoisotopic (exact) mass is 312 g/mol. The number of hydrogen-bond acceptors (Lipinski definition) is 5. The first-order valence-corrected chi connectivity index (χ1v) is 6.19. The lowest BCUT2D eigenvalue weighted by atomic mass is 10.2. The molecule has 0 unspecified atom stereocenters. The van der Waals surface area contributed by atoms with Crippen molar-refractivity contribution in [3.8, 4) is 11.8 Å². The summed E-state index contributed by atoms with van der Waals surface area (Å²) >= 11 is 3.46. The van der Waals surface area contributed by atoms with E-state index >= 15 is 0 Å². The Morgan fingerprint density at radius 3 is 2.94 bits per heavy atom. The summed E-state index contributed by atoms with van der Waals surface area (Å²) in [5, 5.41) is 11.0. The van der Waals surface area contributed by atoms with Gasteiger partial charge in [-0.15, -0.1) is 0 Å². The molecule has 0 aliphatic carbocycles. The second kappa shape index (κ2) is 5.81. The van der Waals surface area contributed by atoms with Crippen LogP contribution in [0.15, 0.2) is 22.7 Å². The number of hydrogen-bond donors (Lipinski definition) is 0. The highest BCUT2D eigenvalue weighted by atomic mass is 79.9. The summed E-state index contributed by atoms with van der Waals surface area (Å²) in [6.45, 7) is 2.99. The van der Waals surface area contributed by atoms with Gasteiger partial charge in [-0.05, 0) is 44.9 Å². The normalized spacial score (nSPS) is 10.4. The van der Waals surface area contributed by atoms with Crippen molar-refractivity contribution in [3.63, 3.8) is 0 Å². The fraction of sp³-hybridized carbons (Fsp3) is 0.364.